The van der Waals surface area contributed by atoms with Gasteiger partial charge in [0.15, 0.2) is 5.82 Å². The van der Waals surface area contributed by atoms with Crippen molar-refractivity contribution in [2.24, 2.45) is 0 Å². The van der Waals surface area contributed by atoms with Crippen molar-refractivity contribution in [3.05, 3.63) is 53.3 Å². The number of aromatic nitrogens is 4. The van der Waals surface area contributed by atoms with Gasteiger partial charge in [-0.05, 0) is 26.3 Å². The van der Waals surface area contributed by atoms with Crippen LogP contribution in [0, 0.1) is 13.8 Å². The van der Waals surface area contributed by atoms with Crippen LogP contribution < -0.4 is 4.90 Å². The molecule has 30 heavy (non-hydrogen) atoms. The fourth-order valence-electron chi connectivity index (χ4n) is 4.05. The monoisotopic (exact) mass is 420 g/mol. The molecule has 0 radical (unpaired) electrons. The second-order valence-electron chi connectivity index (χ2n) is 7.67. The Kier molecular flexibility index (Phi) is 4.96. The minimum atomic E-state index is 0.113. The SMILES string of the molecule is Cc1noc(C(C)N2CCN(c3nc(C)nc4scc(-c5ccccc5)c34)CC2)n1. The quantitative estimate of drug-likeness (QED) is 0.489. The largest absolute Gasteiger partial charge is 0.353 e. The number of hydrogen-bond acceptors (Lipinski definition) is 8. The first kappa shape index (κ1) is 19.1. The number of piperazine rings is 1. The van der Waals surface area contributed by atoms with Crippen LogP contribution in [0.4, 0.5) is 5.82 Å². The predicted octanol–water partition coefficient (Wildman–Crippen LogP) is 4.24. The van der Waals surface area contributed by atoms with Crippen molar-refractivity contribution in [2.75, 3.05) is 31.1 Å². The Labute approximate surface area is 179 Å². The molecule has 1 fully saturated rings. The van der Waals surface area contributed by atoms with Crippen molar-refractivity contribution in [3.8, 4) is 11.1 Å². The zero-order chi connectivity index (χ0) is 20.7. The normalized spacial score (nSPS) is 16.3. The first-order valence-corrected chi connectivity index (χ1v) is 11.1. The molecule has 0 bridgehead atoms. The average molecular weight is 421 g/mol. The lowest BCUT2D eigenvalue weighted by molar-refractivity contribution is 0.164. The Morgan fingerprint density at radius 1 is 0.967 bits per heavy atom. The lowest BCUT2D eigenvalue weighted by atomic mass is 10.1. The van der Waals surface area contributed by atoms with E-state index in [-0.39, 0.29) is 6.04 Å². The summed E-state index contributed by atoms with van der Waals surface area (Å²) in [7, 11) is 0. The minimum absolute atomic E-state index is 0.113. The molecule has 0 amide bonds. The third-order valence-corrected chi connectivity index (χ3v) is 6.55. The zero-order valence-corrected chi connectivity index (χ0v) is 18.2. The number of rotatable bonds is 4. The summed E-state index contributed by atoms with van der Waals surface area (Å²) in [4.78, 5) is 19.8. The number of hydrogen-bond donors (Lipinski definition) is 0. The molecular weight excluding hydrogens is 396 g/mol. The van der Waals surface area contributed by atoms with Crippen LogP contribution in [0.15, 0.2) is 40.2 Å². The van der Waals surface area contributed by atoms with Gasteiger partial charge in [0.2, 0.25) is 5.89 Å². The van der Waals surface area contributed by atoms with Crippen LogP contribution in [0.25, 0.3) is 21.3 Å². The molecule has 1 aliphatic rings. The summed E-state index contributed by atoms with van der Waals surface area (Å²) in [6.45, 7) is 9.57. The highest BCUT2D eigenvalue weighted by Gasteiger charge is 2.28. The van der Waals surface area contributed by atoms with E-state index in [1.54, 1.807) is 11.3 Å². The van der Waals surface area contributed by atoms with Gasteiger partial charge in [0, 0.05) is 37.1 Å². The van der Waals surface area contributed by atoms with E-state index in [1.165, 1.54) is 11.1 Å². The molecule has 1 unspecified atom stereocenters. The van der Waals surface area contributed by atoms with E-state index in [9.17, 15) is 0 Å². The highest BCUT2D eigenvalue weighted by molar-refractivity contribution is 7.17. The standard InChI is InChI=1S/C22H24N6OS/c1-14(21-24-16(3)26-29-21)27-9-11-28(12-10-27)20-19-18(17-7-5-4-6-8-17)13-30-22(19)25-15(2)23-20/h4-8,13-14H,9-12H2,1-3H3. The molecule has 1 aliphatic heterocycles. The maximum absolute atomic E-state index is 5.38. The second-order valence-corrected chi connectivity index (χ2v) is 8.53. The molecule has 1 aromatic carbocycles. The van der Waals surface area contributed by atoms with Gasteiger partial charge in [0.25, 0.3) is 0 Å². The van der Waals surface area contributed by atoms with Crippen molar-refractivity contribution in [1.82, 2.24) is 25.0 Å². The van der Waals surface area contributed by atoms with Crippen LogP contribution in [-0.4, -0.2) is 51.2 Å². The van der Waals surface area contributed by atoms with E-state index in [4.69, 9.17) is 14.5 Å². The molecule has 0 saturated carbocycles. The third kappa shape index (κ3) is 3.46. The Morgan fingerprint density at radius 3 is 2.43 bits per heavy atom. The first-order valence-electron chi connectivity index (χ1n) is 10.2. The van der Waals surface area contributed by atoms with Gasteiger partial charge in [0.05, 0.1) is 11.4 Å². The molecule has 0 aliphatic carbocycles. The van der Waals surface area contributed by atoms with Crippen molar-refractivity contribution in [2.45, 2.75) is 26.8 Å². The topological polar surface area (TPSA) is 71.2 Å². The molecule has 7 nitrogen and oxygen atoms in total. The first-order chi connectivity index (χ1) is 14.6. The van der Waals surface area contributed by atoms with Crippen molar-refractivity contribution in [1.29, 1.82) is 0 Å². The number of anilines is 1. The highest BCUT2D eigenvalue weighted by Crippen LogP contribution is 2.38. The fourth-order valence-corrected chi connectivity index (χ4v) is 5.03. The third-order valence-electron chi connectivity index (χ3n) is 5.67. The summed E-state index contributed by atoms with van der Waals surface area (Å²) >= 11 is 1.69. The van der Waals surface area contributed by atoms with Crippen LogP contribution >= 0.6 is 11.3 Å². The molecule has 5 rings (SSSR count). The number of nitrogens with zero attached hydrogens (tertiary/aromatic N) is 6. The summed E-state index contributed by atoms with van der Waals surface area (Å²) in [5.41, 5.74) is 2.42. The van der Waals surface area contributed by atoms with Crippen molar-refractivity contribution < 1.29 is 4.52 Å². The molecule has 4 aromatic rings. The highest BCUT2D eigenvalue weighted by atomic mass is 32.1. The fraction of sp³-hybridized carbons (Fsp3) is 0.364. The Bertz CT molecular complexity index is 1160. The number of thiophene rings is 1. The van der Waals surface area contributed by atoms with Crippen molar-refractivity contribution in [3.63, 3.8) is 0 Å². The van der Waals surface area contributed by atoms with Gasteiger partial charge in [-0.15, -0.1) is 11.3 Å². The number of benzene rings is 1. The minimum Gasteiger partial charge on any atom is -0.353 e. The molecule has 154 valence electrons. The van der Waals surface area contributed by atoms with E-state index in [2.05, 4.69) is 56.5 Å². The summed E-state index contributed by atoms with van der Waals surface area (Å²) in [5.74, 6) is 3.22. The Morgan fingerprint density at radius 2 is 1.73 bits per heavy atom. The molecule has 8 heteroatoms. The van der Waals surface area contributed by atoms with Crippen LogP contribution in [0.2, 0.25) is 0 Å². The van der Waals surface area contributed by atoms with E-state index >= 15 is 0 Å². The lowest BCUT2D eigenvalue weighted by Gasteiger charge is -2.37. The second kappa shape index (κ2) is 7.77. The van der Waals surface area contributed by atoms with E-state index in [1.807, 2.05) is 19.9 Å². The molecule has 1 atom stereocenters. The maximum Gasteiger partial charge on any atom is 0.243 e. The van der Waals surface area contributed by atoms with Gasteiger partial charge in [-0.1, -0.05) is 35.5 Å². The van der Waals surface area contributed by atoms with E-state index in [0.29, 0.717) is 11.7 Å². The maximum atomic E-state index is 5.38. The van der Waals surface area contributed by atoms with Crippen molar-refractivity contribution >= 4 is 27.4 Å². The van der Waals surface area contributed by atoms with Crippen LogP contribution in [0.1, 0.15) is 30.5 Å². The van der Waals surface area contributed by atoms with Gasteiger partial charge in [-0.25, -0.2) is 9.97 Å². The smallest absolute Gasteiger partial charge is 0.243 e. The van der Waals surface area contributed by atoms with Gasteiger partial charge >= 0.3 is 0 Å². The van der Waals surface area contributed by atoms with Crippen LogP contribution in [-0.2, 0) is 0 Å². The summed E-state index contributed by atoms with van der Waals surface area (Å²) in [6, 6.07) is 10.6. The lowest BCUT2D eigenvalue weighted by Crippen LogP contribution is -2.47. The molecule has 1 saturated heterocycles. The van der Waals surface area contributed by atoms with Gasteiger partial charge in [-0.3, -0.25) is 4.90 Å². The Balaban J connectivity index is 1.43. The van der Waals surface area contributed by atoms with Crippen LogP contribution in [0.3, 0.4) is 0 Å². The van der Waals surface area contributed by atoms with Gasteiger partial charge in [-0.2, -0.15) is 4.98 Å². The molecule has 3 aromatic heterocycles. The van der Waals surface area contributed by atoms with Gasteiger partial charge < -0.3 is 9.42 Å². The molecular formula is C22H24N6OS. The number of aryl methyl sites for hydroxylation is 2. The summed E-state index contributed by atoms with van der Waals surface area (Å²) in [5, 5.41) is 7.29. The average Bonchev–Trinajstić information content (AvgIpc) is 3.40. The molecule has 4 heterocycles. The number of fused-ring (bicyclic) bond motifs is 1. The summed E-state index contributed by atoms with van der Waals surface area (Å²) in [6.07, 6.45) is 0. The van der Waals surface area contributed by atoms with Gasteiger partial charge in [0.1, 0.15) is 16.5 Å². The Hall–Kier alpha value is -2.84. The predicted molar refractivity (Wildman–Crippen MR) is 119 cm³/mol. The summed E-state index contributed by atoms with van der Waals surface area (Å²) < 4.78 is 5.38. The van der Waals surface area contributed by atoms with Crippen LogP contribution in [0.5, 0.6) is 0 Å². The molecule has 0 N–H and O–H groups in total. The van der Waals surface area contributed by atoms with E-state index < -0.39 is 0 Å². The van der Waals surface area contributed by atoms with E-state index in [0.717, 1.165) is 48.0 Å². The molecule has 0 spiro atoms. The zero-order valence-electron chi connectivity index (χ0n) is 17.4.